The summed E-state index contributed by atoms with van der Waals surface area (Å²) in [5.74, 6) is 0. The van der Waals surface area contributed by atoms with Gasteiger partial charge in [0, 0.05) is 13.2 Å². The second-order valence-corrected chi connectivity index (χ2v) is 4.96. The van der Waals surface area contributed by atoms with Crippen LogP contribution in [0.3, 0.4) is 0 Å². The van der Waals surface area contributed by atoms with Gasteiger partial charge in [-0.3, -0.25) is 0 Å². The first-order valence-corrected chi connectivity index (χ1v) is 6.81. The van der Waals surface area contributed by atoms with Gasteiger partial charge in [0.25, 0.3) is 0 Å². The molecule has 1 heterocycles. The van der Waals surface area contributed by atoms with Crippen LogP contribution in [0.1, 0.15) is 51.4 Å². The van der Waals surface area contributed by atoms with Crippen LogP contribution >= 0.6 is 0 Å². The van der Waals surface area contributed by atoms with Crippen molar-refractivity contribution in [1.82, 2.24) is 0 Å². The predicted molar refractivity (Wildman–Crippen MR) is 65.8 cm³/mol. The van der Waals surface area contributed by atoms with E-state index in [1.54, 1.807) is 0 Å². The molecule has 0 radical (unpaired) electrons. The van der Waals surface area contributed by atoms with Crippen molar-refractivity contribution < 1.29 is 20.1 Å². The van der Waals surface area contributed by atoms with Crippen LogP contribution in [-0.4, -0.2) is 46.8 Å². The van der Waals surface area contributed by atoms with Crippen LogP contribution in [-0.2, 0) is 4.74 Å². The van der Waals surface area contributed by atoms with E-state index in [0.29, 0.717) is 31.8 Å². The minimum Gasteiger partial charge on any atom is -0.396 e. The molecular weight excluding hydrogens is 220 g/mol. The van der Waals surface area contributed by atoms with Crippen molar-refractivity contribution in [2.24, 2.45) is 0 Å². The SMILES string of the molecule is OCCC[C@@H](O)CC[C@@H](O)CC[C@@H]1CCCO1. The van der Waals surface area contributed by atoms with E-state index in [9.17, 15) is 10.2 Å². The maximum atomic E-state index is 9.77. The molecule has 0 amide bonds. The summed E-state index contributed by atoms with van der Waals surface area (Å²) in [4.78, 5) is 0. The third-order valence-electron chi connectivity index (χ3n) is 3.37. The summed E-state index contributed by atoms with van der Waals surface area (Å²) in [7, 11) is 0. The summed E-state index contributed by atoms with van der Waals surface area (Å²) in [5, 5.41) is 28.0. The zero-order valence-corrected chi connectivity index (χ0v) is 10.6. The Hall–Kier alpha value is -0.160. The zero-order valence-electron chi connectivity index (χ0n) is 10.6. The normalized spacial score (nSPS) is 23.8. The predicted octanol–water partition coefficient (Wildman–Crippen LogP) is 1.22. The Balaban J connectivity index is 1.97. The average molecular weight is 246 g/mol. The summed E-state index contributed by atoms with van der Waals surface area (Å²) >= 11 is 0. The Morgan fingerprint density at radius 1 is 1.06 bits per heavy atom. The largest absolute Gasteiger partial charge is 0.396 e. The first-order chi connectivity index (χ1) is 8.22. The Kier molecular flexibility index (Phi) is 7.77. The van der Waals surface area contributed by atoms with Crippen LogP contribution in [0.25, 0.3) is 0 Å². The third-order valence-corrected chi connectivity index (χ3v) is 3.37. The molecule has 0 spiro atoms. The van der Waals surface area contributed by atoms with Crippen LogP contribution in [0, 0.1) is 0 Å². The van der Waals surface area contributed by atoms with Crippen LogP contribution in [0.5, 0.6) is 0 Å². The van der Waals surface area contributed by atoms with Crippen molar-refractivity contribution in [3.05, 3.63) is 0 Å². The molecule has 1 fully saturated rings. The standard InChI is InChI=1S/C13H26O4/c14-9-1-3-11(15)5-6-12(16)7-8-13-4-2-10-17-13/h11-16H,1-10H2/t11-,12-,13+/m1/s1. The van der Waals surface area contributed by atoms with E-state index < -0.39 is 0 Å². The van der Waals surface area contributed by atoms with E-state index in [0.717, 1.165) is 32.3 Å². The molecule has 1 aliphatic rings. The Bertz CT molecular complexity index is 180. The van der Waals surface area contributed by atoms with Gasteiger partial charge in [-0.1, -0.05) is 0 Å². The summed E-state index contributed by atoms with van der Waals surface area (Å²) in [6.45, 7) is 0.985. The van der Waals surface area contributed by atoms with Gasteiger partial charge in [0.1, 0.15) is 0 Å². The first-order valence-electron chi connectivity index (χ1n) is 6.81. The van der Waals surface area contributed by atoms with Crippen molar-refractivity contribution in [3.8, 4) is 0 Å². The highest BCUT2D eigenvalue weighted by Crippen LogP contribution is 2.19. The summed E-state index contributed by atoms with van der Waals surface area (Å²) in [6, 6.07) is 0. The van der Waals surface area contributed by atoms with E-state index in [2.05, 4.69) is 0 Å². The average Bonchev–Trinajstić information content (AvgIpc) is 2.84. The van der Waals surface area contributed by atoms with E-state index >= 15 is 0 Å². The molecule has 0 unspecified atom stereocenters. The molecule has 4 nitrogen and oxygen atoms in total. The second kappa shape index (κ2) is 8.86. The lowest BCUT2D eigenvalue weighted by Crippen LogP contribution is -2.16. The van der Waals surface area contributed by atoms with E-state index in [4.69, 9.17) is 9.84 Å². The van der Waals surface area contributed by atoms with Gasteiger partial charge < -0.3 is 20.1 Å². The maximum Gasteiger partial charge on any atom is 0.0577 e. The molecule has 3 atom stereocenters. The fourth-order valence-electron chi connectivity index (χ4n) is 2.25. The topological polar surface area (TPSA) is 69.9 Å². The van der Waals surface area contributed by atoms with Gasteiger partial charge in [0.15, 0.2) is 0 Å². The van der Waals surface area contributed by atoms with Gasteiger partial charge in [0.2, 0.25) is 0 Å². The number of aliphatic hydroxyl groups excluding tert-OH is 3. The van der Waals surface area contributed by atoms with E-state index in [1.807, 2.05) is 0 Å². The van der Waals surface area contributed by atoms with Gasteiger partial charge >= 0.3 is 0 Å². The van der Waals surface area contributed by atoms with Gasteiger partial charge in [-0.25, -0.2) is 0 Å². The molecule has 4 heteroatoms. The molecule has 1 aliphatic heterocycles. The van der Waals surface area contributed by atoms with Gasteiger partial charge in [-0.15, -0.1) is 0 Å². The molecule has 102 valence electrons. The summed E-state index contributed by atoms with van der Waals surface area (Å²) < 4.78 is 5.49. The second-order valence-electron chi connectivity index (χ2n) is 4.96. The number of rotatable bonds is 9. The first kappa shape index (κ1) is 14.9. The summed E-state index contributed by atoms with van der Waals surface area (Å²) in [5.41, 5.74) is 0. The lowest BCUT2D eigenvalue weighted by molar-refractivity contribution is 0.0685. The van der Waals surface area contributed by atoms with Crippen LogP contribution in [0.2, 0.25) is 0 Å². The van der Waals surface area contributed by atoms with Crippen molar-refractivity contribution in [3.63, 3.8) is 0 Å². The van der Waals surface area contributed by atoms with Crippen molar-refractivity contribution in [1.29, 1.82) is 0 Å². The highest BCUT2D eigenvalue weighted by atomic mass is 16.5. The lowest BCUT2D eigenvalue weighted by Gasteiger charge is -2.15. The molecule has 0 saturated carbocycles. The zero-order chi connectivity index (χ0) is 12.5. The quantitative estimate of drug-likeness (QED) is 0.572. The highest BCUT2D eigenvalue weighted by molar-refractivity contribution is 4.68. The summed E-state index contributed by atoms with van der Waals surface area (Å²) in [6.07, 6.45) is 6.07. The van der Waals surface area contributed by atoms with E-state index in [1.165, 1.54) is 0 Å². The third kappa shape index (κ3) is 6.99. The van der Waals surface area contributed by atoms with Crippen LogP contribution < -0.4 is 0 Å². The Morgan fingerprint density at radius 3 is 2.35 bits per heavy atom. The molecule has 0 aliphatic carbocycles. The van der Waals surface area contributed by atoms with E-state index in [-0.39, 0.29) is 18.8 Å². The van der Waals surface area contributed by atoms with Crippen molar-refractivity contribution >= 4 is 0 Å². The maximum absolute atomic E-state index is 9.77. The lowest BCUT2D eigenvalue weighted by atomic mass is 10.0. The van der Waals surface area contributed by atoms with Gasteiger partial charge in [-0.05, 0) is 51.4 Å². The number of ether oxygens (including phenoxy) is 1. The van der Waals surface area contributed by atoms with Crippen molar-refractivity contribution in [2.45, 2.75) is 69.7 Å². The number of hydrogen-bond acceptors (Lipinski definition) is 4. The monoisotopic (exact) mass is 246 g/mol. The van der Waals surface area contributed by atoms with Crippen molar-refractivity contribution in [2.75, 3.05) is 13.2 Å². The van der Waals surface area contributed by atoms with Crippen LogP contribution in [0.4, 0.5) is 0 Å². The molecule has 3 N–H and O–H groups in total. The minimum absolute atomic E-state index is 0.124. The number of aliphatic hydroxyl groups is 3. The van der Waals surface area contributed by atoms with Gasteiger partial charge in [0.05, 0.1) is 18.3 Å². The fourth-order valence-corrected chi connectivity index (χ4v) is 2.25. The molecule has 0 aromatic heterocycles. The molecule has 1 saturated heterocycles. The molecular formula is C13H26O4. The minimum atomic E-state index is -0.389. The smallest absolute Gasteiger partial charge is 0.0577 e. The highest BCUT2D eigenvalue weighted by Gasteiger charge is 2.17. The van der Waals surface area contributed by atoms with Gasteiger partial charge in [-0.2, -0.15) is 0 Å². The molecule has 0 aromatic rings. The fraction of sp³-hybridized carbons (Fsp3) is 1.00. The molecule has 17 heavy (non-hydrogen) atoms. The number of hydrogen-bond donors (Lipinski definition) is 3. The molecule has 0 aromatic carbocycles. The molecule has 1 rings (SSSR count). The Morgan fingerprint density at radius 2 is 1.76 bits per heavy atom. The van der Waals surface area contributed by atoms with Crippen LogP contribution in [0.15, 0.2) is 0 Å². The molecule has 0 bridgehead atoms. The Labute approximate surface area is 104 Å².